The van der Waals surface area contributed by atoms with Gasteiger partial charge in [0, 0.05) is 13.1 Å². The molecular weight excluding hydrogens is 248 g/mol. The lowest BCUT2D eigenvalue weighted by atomic mass is 9.97. The number of hydrogen-bond donors (Lipinski definition) is 1. The maximum Gasteiger partial charge on any atom is 0.409 e. The molecule has 1 unspecified atom stereocenters. The van der Waals surface area contributed by atoms with Crippen LogP contribution in [0.15, 0.2) is 22.8 Å². The Hall–Kier alpha value is -1.98. The molecule has 0 saturated carbocycles. The Kier molecular flexibility index (Phi) is 4.43. The summed E-state index contributed by atoms with van der Waals surface area (Å²) in [5.41, 5.74) is 0. The molecule has 1 fully saturated rings. The Morgan fingerprint density at radius 2 is 2.42 bits per heavy atom. The molecular formula is C13H18N2O4. The van der Waals surface area contributed by atoms with Crippen molar-refractivity contribution in [3.05, 3.63) is 24.2 Å². The van der Waals surface area contributed by atoms with E-state index in [1.807, 2.05) is 6.07 Å². The molecule has 0 bridgehead atoms. The minimum atomic E-state index is -0.372. The van der Waals surface area contributed by atoms with E-state index in [4.69, 9.17) is 4.42 Å². The van der Waals surface area contributed by atoms with E-state index in [0.29, 0.717) is 25.4 Å². The zero-order valence-electron chi connectivity index (χ0n) is 10.9. The standard InChI is InChI=1S/C13H18N2O4/c1-18-13(17)15-6-2-4-10(9-15)12(16)14-8-11-5-3-7-19-11/h3,5,7,10H,2,4,6,8-9H2,1H3,(H,14,16). The maximum absolute atomic E-state index is 12.0. The largest absolute Gasteiger partial charge is 0.467 e. The number of furan rings is 1. The van der Waals surface area contributed by atoms with Gasteiger partial charge in [-0.15, -0.1) is 0 Å². The van der Waals surface area contributed by atoms with Crippen molar-refractivity contribution in [1.82, 2.24) is 10.2 Å². The first-order valence-corrected chi connectivity index (χ1v) is 6.33. The number of ether oxygens (including phenoxy) is 1. The van der Waals surface area contributed by atoms with Crippen molar-refractivity contribution in [2.24, 2.45) is 5.92 Å². The van der Waals surface area contributed by atoms with Crippen molar-refractivity contribution >= 4 is 12.0 Å². The molecule has 6 nitrogen and oxygen atoms in total. The number of rotatable bonds is 3. The third kappa shape index (κ3) is 3.49. The van der Waals surface area contributed by atoms with Crippen LogP contribution in [-0.2, 0) is 16.1 Å². The Labute approximate surface area is 111 Å². The smallest absolute Gasteiger partial charge is 0.409 e. The highest BCUT2D eigenvalue weighted by Crippen LogP contribution is 2.17. The molecule has 1 aromatic heterocycles. The van der Waals surface area contributed by atoms with Gasteiger partial charge in [0.2, 0.25) is 5.91 Å². The molecule has 1 aliphatic heterocycles. The lowest BCUT2D eigenvalue weighted by Gasteiger charge is -2.30. The van der Waals surface area contributed by atoms with E-state index in [1.165, 1.54) is 7.11 Å². The molecule has 1 saturated heterocycles. The first kappa shape index (κ1) is 13.5. The van der Waals surface area contributed by atoms with Gasteiger partial charge in [-0.2, -0.15) is 0 Å². The molecule has 0 aromatic carbocycles. The molecule has 0 spiro atoms. The van der Waals surface area contributed by atoms with Gasteiger partial charge in [-0.25, -0.2) is 4.79 Å². The average molecular weight is 266 g/mol. The molecule has 2 amide bonds. The molecule has 19 heavy (non-hydrogen) atoms. The molecule has 6 heteroatoms. The van der Waals surface area contributed by atoms with E-state index < -0.39 is 0 Å². The summed E-state index contributed by atoms with van der Waals surface area (Å²) in [6.45, 7) is 1.44. The van der Waals surface area contributed by atoms with Crippen LogP contribution in [0.1, 0.15) is 18.6 Å². The quantitative estimate of drug-likeness (QED) is 0.897. The number of hydrogen-bond acceptors (Lipinski definition) is 4. The summed E-state index contributed by atoms with van der Waals surface area (Å²) < 4.78 is 9.83. The molecule has 104 valence electrons. The Morgan fingerprint density at radius 3 is 3.11 bits per heavy atom. The fraction of sp³-hybridized carbons (Fsp3) is 0.538. The summed E-state index contributed by atoms with van der Waals surface area (Å²) in [6, 6.07) is 3.59. The van der Waals surface area contributed by atoms with Crippen LogP contribution in [0.5, 0.6) is 0 Å². The van der Waals surface area contributed by atoms with Gasteiger partial charge in [-0.05, 0) is 25.0 Å². The van der Waals surface area contributed by atoms with E-state index in [-0.39, 0.29) is 17.9 Å². The topological polar surface area (TPSA) is 71.8 Å². The first-order chi connectivity index (χ1) is 9.20. The predicted octanol–water partition coefficient (Wildman–Crippen LogP) is 1.37. The minimum Gasteiger partial charge on any atom is -0.467 e. The number of methoxy groups -OCH3 is 1. The third-order valence-electron chi connectivity index (χ3n) is 3.24. The highest BCUT2D eigenvalue weighted by molar-refractivity contribution is 5.79. The van der Waals surface area contributed by atoms with Crippen LogP contribution in [0.3, 0.4) is 0 Å². The maximum atomic E-state index is 12.0. The SMILES string of the molecule is COC(=O)N1CCCC(C(=O)NCc2ccco2)C1. The fourth-order valence-electron chi connectivity index (χ4n) is 2.22. The summed E-state index contributed by atoms with van der Waals surface area (Å²) in [4.78, 5) is 25.0. The highest BCUT2D eigenvalue weighted by atomic mass is 16.5. The second-order valence-corrected chi connectivity index (χ2v) is 4.55. The molecule has 2 rings (SSSR count). The van der Waals surface area contributed by atoms with Crippen molar-refractivity contribution in [2.45, 2.75) is 19.4 Å². The molecule has 1 atom stereocenters. The Morgan fingerprint density at radius 1 is 1.58 bits per heavy atom. The zero-order valence-corrected chi connectivity index (χ0v) is 10.9. The van der Waals surface area contributed by atoms with Crippen molar-refractivity contribution in [2.75, 3.05) is 20.2 Å². The van der Waals surface area contributed by atoms with Crippen molar-refractivity contribution in [3.63, 3.8) is 0 Å². The van der Waals surface area contributed by atoms with E-state index in [0.717, 1.165) is 12.8 Å². The number of likely N-dealkylation sites (tertiary alicyclic amines) is 1. The van der Waals surface area contributed by atoms with E-state index in [9.17, 15) is 9.59 Å². The minimum absolute atomic E-state index is 0.0509. The molecule has 1 aliphatic rings. The number of nitrogens with one attached hydrogen (secondary N) is 1. The molecule has 1 N–H and O–H groups in total. The highest BCUT2D eigenvalue weighted by Gasteiger charge is 2.28. The van der Waals surface area contributed by atoms with Crippen LogP contribution in [0.2, 0.25) is 0 Å². The van der Waals surface area contributed by atoms with E-state index in [1.54, 1.807) is 17.2 Å². The monoisotopic (exact) mass is 266 g/mol. The van der Waals surface area contributed by atoms with Crippen LogP contribution in [0.4, 0.5) is 4.79 Å². The van der Waals surface area contributed by atoms with Crippen molar-refractivity contribution < 1.29 is 18.7 Å². The van der Waals surface area contributed by atoms with Gasteiger partial charge in [-0.3, -0.25) is 4.79 Å². The second kappa shape index (κ2) is 6.26. The van der Waals surface area contributed by atoms with Crippen LogP contribution in [-0.4, -0.2) is 37.1 Å². The van der Waals surface area contributed by atoms with Crippen molar-refractivity contribution in [3.8, 4) is 0 Å². The van der Waals surface area contributed by atoms with Gasteiger partial charge in [0.25, 0.3) is 0 Å². The lowest BCUT2D eigenvalue weighted by molar-refractivity contribution is -0.126. The summed E-state index contributed by atoms with van der Waals surface area (Å²) in [5.74, 6) is 0.488. The second-order valence-electron chi connectivity index (χ2n) is 4.55. The zero-order chi connectivity index (χ0) is 13.7. The Balaban J connectivity index is 1.83. The van der Waals surface area contributed by atoms with Gasteiger partial charge in [0.15, 0.2) is 0 Å². The van der Waals surface area contributed by atoms with Crippen molar-refractivity contribution in [1.29, 1.82) is 0 Å². The number of amides is 2. The summed E-state index contributed by atoms with van der Waals surface area (Å²) in [7, 11) is 1.35. The predicted molar refractivity (Wildman–Crippen MR) is 67.3 cm³/mol. The number of carbonyl (C=O) groups is 2. The number of piperidine rings is 1. The lowest BCUT2D eigenvalue weighted by Crippen LogP contribution is -2.45. The van der Waals surface area contributed by atoms with Gasteiger partial charge in [0.1, 0.15) is 5.76 Å². The van der Waals surface area contributed by atoms with Gasteiger partial charge in [-0.1, -0.05) is 0 Å². The molecule has 0 radical (unpaired) electrons. The van der Waals surface area contributed by atoms with Crippen LogP contribution in [0, 0.1) is 5.92 Å². The Bertz CT molecular complexity index is 430. The van der Waals surface area contributed by atoms with Crippen LogP contribution >= 0.6 is 0 Å². The normalized spacial score (nSPS) is 19.0. The van der Waals surface area contributed by atoms with Crippen LogP contribution < -0.4 is 5.32 Å². The third-order valence-corrected chi connectivity index (χ3v) is 3.24. The van der Waals surface area contributed by atoms with E-state index in [2.05, 4.69) is 10.1 Å². The average Bonchev–Trinajstić information content (AvgIpc) is 2.97. The molecule has 2 heterocycles. The number of carbonyl (C=O) groups excluding carboxylic acids is 2. The van der Waals surface area contributed by atoms with Crippen LogP contribution in [0.25, 0.3) is 0 Å². The summed E-state index contributed by atoms with van der Waals surface area (Å²) in [5, 5.41) is 2.82. The molecule has 0 aliphatic carbocycles. The number of nitrogens with zero attached hydrogens (tertiary/aromatic N) is 1. The summed E-state index contributed by atoms with van der Waals surface area (Å²) in [6.07, 6.45) is 2.80. The van der Waals surface area contributed by atoms with Gasteiger partial charge < -0.3 is 19.4 Å². The van der Waals surface area contributed by atoms with Gasteiger partial charge in [0.05, 0.1) is 25.8 Å². The van der Waals surface area contributed by atoms with E-state index >= 15 is 0 Å². The fourth-order valence-corrected chi connectivity index (χ4v) is 2.22. The first-order valence-electron chi connectivity index (χ1n) is 6.33. The molecule has 1 aromatic rings. The van der Waals surface area contributed by atoms with Gasteiger partial charge >= 0.3 is 6.09 Å². The summed E-state index contributed by atoms with van der Waals surface area (Å²) >= 11 is 0.